The van der Waals surface area contributed by atoms with E-state index in [0.29, 0.717) is 32.0 Å². The third-order valence-corrected chi connectivity index (χ3v) is 8.24. The molecular formula is C17H16F3N5O3S. The lowest BCUT2D eigenvalue weighted by Gasteiger charge is -2.26. The summed E-state index contributed by atoms with van der Waals surface area (Å²) in [6.07, 6.45) is 2.47. The van der Waals surface area contributed by atoms with Gasteiger partial charge in [0.15, 0.2) is 11.6 Å². The highest BCUT2D eigenvalue weighted by Gasteiger charge is 2.61. The molecule has 0 spiro atoms. The maximum atomic E-state index is 14.2. The fourth-order valence-electron chi connectivity index (χ4n) is 5.13. The number of H-pyrrole nitrogens is 1. The van der Waals surface area contributed by atoms with Gasteiger partial charge in [0.2, 0.25) is 10.0 Å². The van der Waals surface area contributed by atoms with Gasteiger partial charge in [0.25, 0.3) is 5.91 Å². The van der Waals surface area contributed by atoms with E-state index in [9.17, 15) is 26.4 Å². The molecule has 1 amide bonds. The predicted octanol–water partition coefficient (Wildman–Crippen LogP) is 1.15. The summed E-state index contributed by atoms with van der Waals surface area (Å²) < 4.78 is 68.5. The highest BCUT2D eigenvalue weighted by molar-refractivity contribution is 7.89. The molecule has 3 fully saturated rings. The highest BCUT2D eigenvalue weighted by Crippen LogP contribution is 2.51. The summed E-state index contributed by atoms with van der Waals surface area (Å²) in [7, 11) is -4.35. The Kier molecular flexibility index (Phi) is 4.01. The number of nitrogens with zero attached hydrogens (tertiary/aromatic N) is 4. The second kappa shape index (κ2) is 6.26. The molecule has 5 rings (SSSR count). The zero-order valence-electron chi connectivity index (χ0n) is 14.9. The van der Waals surface area contributed by atoms with Crippen molar-refractivity contribution in [2.24, 2.45) is 11.8 Å². The van der Waals surface area contributed by atoms with Crippen LogP contribution in [0.3, 0.4) is 0 Å². The first kappa shape index (κ1) is 18.6. The molecular weight excluding hydrogens is 411 g/mol. The molecule has 3 aliphatic heterocycles. The number of carbonyl (C=O) groups is 1. The maximum absolute atomic E-state index is 14.2. The van der Waals surface area contributed by atoms with Crippen molar-refractivity contribution in [2.45, 2.75) is 29.8 Å². The number of carbonyl (C=O) groups excluding carboxylic acids is 1. The SMILES string of the molecule is O=C(c1cnn[nH]1)N1C[C@@H]2[C@H](C1)[C@H]1CC[C@@H]2N1S(=O)(=O)c1cc(F)c(F)cc1F. The second-order valence-corrected chi connectivity index (χ2v) is 9.46. The molecule has 12 heteroatoms. The molecule has 0 aliphatic carbocycles. The van der Waals surface area contributed by atoms with Crippen LogP contribution in [-0.2, 0) is 10.0 Å². The van der Waals surface area contributed by atoms with Crippen molar-refractivity contribution in [2.75, 3.05) is 13.1 Å². The molecule has 154 valence electrons. The summed E-state index contributed by atoms with van der Waals surface area (Å²) in [5, 5.41) is 9.64. The van der Waals surface area contributed by atoms with Gasteiger partial charge in [-0.05, 0) is 30.7 Å². The van der Waals surface area contributed by atoms with Crippen LogP contribution in [0.1, 0.15) is 23.3 Å². The second-order valence-electron chi connectivity index (χ2n) is 7.65. The third-order valence-electron chi connectivity index (χ3n) is 6.28. The van der Waals surface area contributed by atoms with Crippen molar-refractivity contribution in [3.8, 4) is 0 Å². The van der Waals surface area contributed by atoms with Crippen LogP contribution in [0.2, 0.25) is 0 Å². The van der Waals surface area contributed by atoms with E-state index in [0.717, 1.165) is 0 Å². The van der Waals surface area contributed by atoms with Gasteiger partial charge in [-0.25, -0.2) is 21.6 Å². The Morgan fingerprint density at radius 1 is 1.03 bits per heavy atom. The summed E-state index contributed by atoms with van der Waals surface area (Å²) in [5.74, 6) is -4.63. The summed E-state index contributed by atoms with van der Waals surface area (Å²) in [6.45, 7) is 0.714. The van der Waals surface area contributed by atoms with Gasteiger partial charge < -0.3 is 4.90 Å². The molecule has 0 radical (unpaired) electrons. The van der Waals surface area contributed by atoms with Gasteiger partial charge in [-0.2, -0.15) is 4.31 Å². The standard InChI is InChI=1S/C17H16F3N5O3S/c18-10-3-12(20)16(4-11(10)19)29(27,28)25-14-1-2-15(25)9-7-24(6-8(9)14)17(26)13-5-21-23-22-13/h3-5,8-9,14-15H,1-2,6-7H2,(H,21,22,23)/t8-,9+,14+,15-. The van der Waals surface area contributed by atoms with Crippen molar-refractivity contribution in [1.29, 1.82) is 0 Å². The fourth-order valence-corrected chi connectivity index (χ4v) is 7.15. The van der Waals surface area contributed by atoms with Gasteiger partial charge in [0, 0.05) is 31.2 Å². The van der Waals surface area contributed by atoms with Gasteiger partial charge in [-0.1, -0.05) is 5.21 Å². The minimum atomic E-state index is -4.35. The molecule has 1 N–H and O–H groups in total. The maximum Gasteiger partial charge on any atom is 0.273 e. The van der Waals surface area contributed by atoms with Crippen LogP contribution in [0.4, 0.5) is 13.2 Å². The molecule has 1 aromatic carbocycles. The topological polar surface area (TPSA) is 99.3 Å². The number of fused-ring (bicyclic) bond motifs is 5. The molecule has 3 aliphatic rings. The summed E-state index contributed by atoms with van der Waals surface area (Å²) in [5.41, 5.74) is 0.255. The van der Waals surface area contributed by atoms with E-state index in [1.807, 2.05) is 0 Å². The van der Waals surface area contributed by atoms with Crippen molar-refractivity contribution in [1.82, 2.24) is 24.6 Å². The lowest BCUT2D eigenvalue weighted by Crippen LogP contribution is -2.41. The number of aromatic amines is 1. The average molecular weight is 427 g/mol. The third kappa shape index (κ3) is 2.61. The molecule has 0 unspecified atom stereocenters. The van der Waals surface area contributed by atoms with Crippen LogP contribution in [0, 0.1) is 29.3 Å². The van der Waals surface area contributed by atoms with Crippen LogP contribution >= 0.6 is 0 Å². The van der Waals surface area contributed by atoms with E-state index >= 15 is 0 Å². The number of benzene rings is 1. The molecule has 0 saturated carbocycles. The molecule has 2 aromatic rings. The molecule has 3 saturated heterocycles. The van der Waals surface area contributed by atoms with E-state index < -0.39 is 44.5 Å². The Morgan fingerprint density at radius 3 is 2.24 bits per heavy atom. The Labute approximate surface area is 163 Å². The number of sulfonamides is 1. The number of likely N-dealkylation sites (tertiary alicyclic amines) is 1. The van der Waals surface area contributed by atoms with E-state index in [1.54, 1.807) is 4.90 Å². The largest absolute Gasteiger partial charge is 0.337 e. The van der Waals surface area contributed by atoms with Crippen LogP contribution in [0.25, 0.3) is 0 Å². The predicted molar refractivity (Wildman–Crippen MR) is 91.4 cm³/mol. The van der Waals surface area contributed by atoms with Crippen LogP contribution in [0.5, 0.6) is 0 Å². The van der Waals surface area contributed by atoms with Crippen LogP contribution in [-0.4, -0.2) is 64.1 Å². The van der Waals surface area contributed by atoms with Gasteiger partial charge in [0.1, 0.15) is 16.4 Å². The minimum absolute atomic E-state index is 0.100. The van der Waals surface area contributed by atoms with Gasteiger partial charge in [-0.3, -0.25) is 9.89 Å². The molecule has 4 heterocycles. The van der Waals surface area contributed by atoms with Crippen LogP contribution in [0.15, 0.2) is 23.2 Å². The molecule has 4 atom stereocenters. The Balaban J connectivity index is 1.43. The number of halogens is 3. The number of amides is 1. The summed E-state index contributed by atoms with van der Waals surface area (Å²) in [4.78, 5) is 13.3. The number of nitrogens with one attached hydrogen (secondary N) is 1. The van der Waals surface area contributed by atoms with Gasteiger partial charge in [0.05, 0.1) is 6.20 Å². The van der Waals surface area contributed by atoms with E-state index in [-0.39, 0.29) is 29.5 Å². The van der Waals surface area contributed by atoms with Gasteiger partial charge >= 0.3 is 0 Å². The molecule has 29 heavy (non-hydrogen) atoms. The van der Waals surface area contributed by atoms with Gasteiger partial charge in [-0.15, -0.1) is 5.10 Å². The first-order chi connectivity index (χ1) is 13.8. The Morgan fingerprint density at radius 2 is 1.66 bits per heavy atom. The lowest BCUT2D eigenvalue weighted by atomic mass is 9.82. The van der Waals surface area contributed by atoms with Crippen molar-refractivity contribution in [3.05, 3.63) is 41.5 Å². The zero-order valence-corrected chi connectivity index (χ0v) is 15.7. The number of hydrogen-bond donors (Lipinski definition) is 1. The first-order valence-corrected chi connectivity index (χ1v) is 10.6. The molecule has 8 nitrogen and oxygen atoms in total. The smallest absolute Gasteiger partial charge is 0.273 e. The normalized spacial score (nSPS) is 28.9. The van der Waals surface area contributed by atoms with Crippen molar-refractivity contribution in [3.63, 3.8) is 0 Å². The van der Waals surface area contributed by atoms with Crippen LogP contribution < -0.4 is 0 Å². The molecule has 2 bridgehead atoms. The van der Waals surface area contributed by atoms with E-state index in [4.69, 9.17) is 0 Å². The summed E-state index contributed by atoms with van der Waals surface area (Å²) in [6, 6.07) is -0.186. The monoisotopic (exact) mass is 427 g/mol. The van der Waals surface area contributed by atoms with Crippen molar-refractivity contribution < 1.29 is 26.4 Å². The lowest BCUT2D eigenvalue weighted by molar-refractivity contribution is 0.0767. The highest BCUT2D eigenvalue weighted by atomic mass is 32.2. The average Bonchev–Trinajstić information content (AvgIpc) is 3.44. The van der Waals surface area contributed by atoms with Crippen molar-refractivity contribution >= 4 is 15.9 Å². The number of rotatable bonds is 3. The Hall–Kier alpha value is -2.47. The zero-order chi connectivity index (χ0) is 20.5. The minimum Gasteiger partial charge on any atom is -0.337 e. The Bertz CT molecular complexity index is 1070. The quantitative estimate of drug-likeness (QED) is 0.741. The fraction of sp³-hybridized carbons (Fsp3) is 0.471. The van der Waals surface area contributed by atoms with E-state index in [2.05, 4.69) is 15.4 Å². The summed E-state index contributed by atoms with van der Waals surface area (Å²) >= 11 is 0. The number of aromatic nitrogens is 3. The molecule has 1 aromatic heterocycles. The van der Waals surface area contributed by atoms with E-state index in [1.165, 1.54) is 10.5 Å². The number of hydrogen-bond acceptors (Lipinski definition) is 5. The first-order valence-electron chi connectivity index (χ1n) is 9.12.